The van der Waals surface area contributed by atoms with Crippen LogP contribution in [0.2, 0.25) is 0 Å². The van der Waals surface area contributed by atoms with E-state index in [-0.39, 0.29) is 6.04 Å². The second kappa shape index (κ2) is 6.41. The van der Waals surface area contributed by atoms with Gasteiger partial charge in [-0.1, -0.05) is 6.92 Å². The topological polar surface area (TPSA) is 37.8 Å². The molecule has 0 radical (unpaired) electrons. The summed E-state index contributed by atoms with van der Waals surface area (Å²) in [6, 6.07) is 2.23. The molecule has 0 aliphatic rings. The molecular weight excluding hydrogens is 310 g/mol. The highest BCUT2D eigenvalue weighted by atomic mass is 79.9. The summed E-state index contributed by atoms with van der Waals surface area (Å²) in [6.45, 7) is 5.15. The first kappa shape index (κ1) is 13.6. The molecule has 1 atom stereocenters. The Balaban J connectivity index is 2.30. The molecule has 2 heterocycles. The zero-order chi connectivity index (χ0) is 13.0. The quantitative estimate of drug-likeness (QED) is 0.910. The molecule has 2 rings (SSSR count). The van der Waals surface area contributed by atoms with E-state index in [9.17, 15) is 0 Å². The first-order valence-electron chi connectivity index (χ1n) is 5.96. The lowest BCUT2D eigenvalue weighted by Crippen LogP contribution is -2.23. The third kappa shape index (κ3) is 3.37. The van der Waals surface area contributed by atoms with Crippen molar-refractivity contribution < 1.29 is 0 Å². The lowest BCUT2D eigenvalue weighted by Gasteiger charge is -2.16. The van der Waals surface area contributed by atoms with Crippen molar-refractivity contribution in [3.8, 4) is 0 Å². The van der Waals surface area contributed by atoms with Crippen LogP contribution in [0.15, 0.2) is 28.3 Å². The Hall–Kier alpha value is -0.780. The molecule has 0 aromatic carbocycles. The zero-order valence-corrected chi connectivity index (χ0v) is 12.9. The van der Waals surface area contributed by atoms with Gasteiger partial charge in [0, 0.05) is 27.9 Å². The molecule has 1 N–H and O–H groups in total. The average Bonchev–Trinajstić information content (AvgIpc) is 2.76. The number of hydrogen-bond acceptors (Lipinski definition) is 4. The second-order valence-electron chi connectivity index (χ2n) is 4.15. The van der Waals surface area contributed by atoms with E-state index >= 15 is 0 Å². The van der Waals surface area contributed by atoms with Gasteiger partial charge in [0.25, 0.3) is 0 Å². The number of halogens is 1. The molecule has 2 aromatic heterocycles. The van der Waals surface area contributed by atoms with Crippen molar-refractivity contribution in [3.05, 3.63) is 44.6 Å². The van der Waals surface area contributed by atoms with Gasteiger partial charge in [-0.2, -0.15) is 0 Å². The SMILES string of the molecule is CCCNC(c1cncc(Br)c1)c1nc(C)cs1. The van der Waals surface area contributed by atoms with E-state index in [4.69, 9.17) is 0 Å². The Morgan fingerprint density at radius 1 is 1.44 bits per heavy atom. The summed E-state index contributed by atoms with van der Waals surface area (Å²) in [5, 5.41) is 6.71. The van der Waals surface area contributed by atoms with Crippen molar-refractivity contribution in [2.24, 2.45) is 0 Å². The molecule has 0 spiro atoms. The normalized spacial score (nSPS) is 12.6. The predicted octanol–water partition coefficient (Wildman–Crippen LogP) is 3.70. The minimum atomic E-state index is 0.133. The number of pyridine rings is 1. The largest absolute Gasteiger partial charge is 0.304 e. The van der Waals surface area contributed by atoms with Crippen LogP contribution in [-0.4, -0.2) is 16.5 Å². The molecule has 0 saturated carbocycles. The highest BCUT2D eigenvalue weighted by Crippen LogP contribution is 2.26. The summed E-state index contributed by atoms with van der Waals surface area (Å²) in [4.78, 5) is 8.82. The van der Waals surface area contributed by atoms with Gasteiger partial charge in [-0.3, -0.25) is 4.98 Å². The van der Waals surface area contributed by atoms with E-state index in [0.29, 0.717) is 0 Å². The van der Waals surface area contributed by atoms with E-state index in [1.807, 2.05) is 13.1 Å². The van der Waals surface area contributed by atoms with Gasteiger partial charge in [0.2, 0.25) is 0 Å². The molecular formula is C13H16BrN3S. The van der Waals surface area contributed by atoms with Crippen molar-refractivity contribution >= 4 is 27.3 Å². The molecule has 0 saturated heterocycles. The van der Waals surface area contributed by atoms with Crippen LogP contribution >= 0.6 is 27.3 Å². The highest BCUT2D eigenvalue weighted by molar-refractivity contribution is 9.10. The summed E-state index contributed by atoms with van der Waals surface area (Å²) in [6.07, 6.45) is 4.80. The minimum Gasteiger partial charge on any atom is -0.304 e. The van der Waals surface area contributed by atoms with Gasteiger partial charge in [-0.05, 0) is 47.4 Å². The van der Waals surface area contributed by atoms with Crippen molar-refractivity contribution in [2.75, 3.05) is 6.54 Å². The third-order valence-electron chi connectivity index (χ3n) is 2.54. The fourth-order valence-corrected chi connectivity index (χ4v) is 3.01. The van der Waals surface area contributed by atoms with Gasteiger partial charge in [0.1, 0.15) is 5.01 Å². The van der Waals surface area contributed by atoms with Gasteiger partial charge in [0.05, 0.1) is 6.04 Å². The summed E-state index contributed by atoms with van der Waals surface area (Å²) in [7, 11) is 0. The van der Waals surface area contributed by atoms with Crippen molar-refractivity contribution in [1.82, 2.24) is 15.3 Å². The fraction of sp³-hybridized carbons (Fsp3) is 0.385. The van der Waals surface area contributed by atoms with Crippen LogP contribution in [0, 0.1) is 6.92 Å². The lowest BCUT2D eigenvalue weighted by atomic mass is 10.1. The molecule has 3 nitrogen and oxygen atoms in total. The number of nitrogens with zero attached hydrogens (tertiary/aromatic N) is 2. The van der Waals surface area contributed by atoms with Crippen LogP contribution in [0.5, 0.6) is 0 Å². The molecule has 1 unspecified atom stereocenters. The van der Waals surface area contributed by atoms with Crippen LogP contribution in [0.3, 0.4) is 0 Å². The Kier molecular flexibility index (Phi) is 4.86. The molecule has 2 aromatic rings. The molecule has 0 amide bonds. The Morgan fingerprint density at radius 3 is 2.89 bits per heavy atom. The van der Waals surface area contributed by atoms with Gasteiger partial charge >= 0.3 is 0 Å². The van der Waals surface area contributed by atoms with Crippen molar-refractivity contribution in [3.63, 3.8) is 0 Å². The van der Waals surface area contributed by atoms with Crippen molar-refractivity contribution in [2.45, 2.75) is 26.3 Å². The van der Waals surface area contributed by atoms with Gasteiger partial charge in [-0.25, -0.2) is 4.98 Å². The van der Waals surface area contributed by atoms with Crippen LogP contribution in [0.25, 0.3) is 0 Å². The molecule has 96 valence electrons. The minimum absolute atomic E-state index is 0.133. The average molecular weight is 326 g/mol. The monoisotopic (exact) mass is 325 g/mol. The molecule has 0 aliphatic carbocycles. The van der Waals surface area contributed by atoms with Crippen LogP contribution in [-0.2, 0) is 0 Å². The number of nitrogens with one attached hydrogen (secondary N) is 1. The van der Waals surface area contributed by atoms with Gasteiger partial charge in [-0.15, -0.1) is 11.3 Å². The Morgan fingerprint density at radius 2 is 2.28 bits per heavy atom. The maximum Gasteiger partial charge on any atom is 0.114 e. The molecule has 0 bridgehead atoms. The molecule has 5 heteroatoms. The molecule has 0 aliphatic heterocycles. The standard InChI is InChI=1S/C13H16BrN3S/c1-3-4-16-12(13-17-9(2)8-18-13)10-5-11(14)7-15-6-10/h5-8,12,16H,3-4H2,1-2H3. The Bertz CT molecular complexity index is 512. The Labute approximate surface area is 120 Å². The smallest absolute Gasteiger partial charge is 0.114 e. The number of aromatic nitrogens is 2. The number of aryl methyl sites for hydroxylation is 1. The third-order valence-corrected chi connectivity index (χ3v) is 4.00. The fourth-order valence-electron chi connectivity index (χ4n) is 1.73. The van der Waals surface area contributed by atoms with E-state index in [0.717, 1.165) is 33.7 Å². The number of hydrogen-bond donors (Lipinski definition) is 1. The summed E-state index contributed by atoms with van der Waals surface area (Å²) in [5.41, 5.74) is 2.22. The maximum atomic E-state index is 4.58. The first-order valence-corrected chi connectivity index (χ1v) is 7.64. The number of thiazole rings is 1. The maximum absolute atomic E-state index is 4.58. The van der Waals surface area contributed by atoms with Crippen LogP contribution in [0.4, 0.5) is 0 Å². The number of rotatable bonds is 5. The summed E-state index contributed by atoms with van der Waals surface area (Å²) >= 11 is 5.16. The van der Waals surface area contributed by atoms with Crippen LogP contribution < -0.4 is 5.32 Å². The lowest BCUT2D eigenvalue weighted by molar-refractivity contribution is 0.593. The van der Waals surface area contributed by atoms with Crippen LogP contribution in [0.1, 0.15) is 35.7 Å². The van der Waals surface area contributed by atoms with E-state index < -0.39 is 0 Å². The van der Waals surface area contributed by atoms with E-state index in [1.165, 1.54) is 0 Å². The second-order valence-corrected chi connectivity index (χ2v) is 5.96. The summed E-state index contributed by atoms with van der Waals surface area (Å²) in [5.74, 6) is 0. The first-order chi connectivity index (χ1) is 8.70. The van der Waals surface area contributed by atoms with E-state index in [1.54, 1.807) is 17.5 Å². The molecule has 0 fully saturated rings. The van der Waals surface area contributed by atoms with Crippen molar-refractivity contribution in [1.29, 1.82) is 0 Å². The summed E-state index contributed by atoms with van der Waals surface area (Å²) < 4.78 is 0.997. The zero-order valence-electron chi connectivity index (χ0n) is 10.5. The predicted molar refractivity (Wildman–Crippen MR) is 78.9 cm³/mol. The highest BCUT2D eigenvalue weighted by Gasteiger charge is 2.17. The van der Waals surface area contributed by atoms with Gasteiger partial charge in [0.15, 0.2) is 0 Å². The molecule has 18 heavy (non-hydrogen) atoms. The van der Waals surface area contributed by atoms with Gasteiger partial charge < -0.3 is 5.32 Å². The van der Waals surface area contributed by atoms with E-state index in [2.05, 4.69) is 49.6 Å².